The number of hydrogen-bond donors (Lipinski definition) is 1. The molecule has 54 valence electrons. The normalized spacial score (nSPS) is 35.3. The summed E-state index contributed by atoms with van der Waals surface area (Å²) in [6, 6.07) is 0. The lowest BCUT2D eigenvalue weighted by Gasteiger charge is -2.05. The molecule has 0 aromatic carbocycles. The molecular weight excluding hydrogens is 116 g/mol. The summed E-state index contributed by atoms with van der Waals surface area (Å²) in [5, 5.41) is 9.07. The Kier molecular flexibility index (Phi) is 2.49. The van der Waals surface area contributed by atoms with Crippen LogP contribution < -0.4 is 0 Å². The fraction of sp³-hybridized carbons (Fsp3) is 1.00. The predicted molar refractivity (Wildman–Crippen MR) is 35.2 cm³/mol. The third-order valence-electron chi connectivity index (χ3n) is 1.92. The van der Waals surface area contributed by atoms with Gasteiger partial charge in [0.15, 0.2) is 0 Å². The Morgan fingerprint density at radius 3 is 2.78 bits per heavy atom. The largest absolute Gasteiger partial charge is 0.393 e. The van der Waals surface area contributed by atoms with Gasteiger partial charge in [-0.3, -0.25) is 0 Å². The number of aliphatic hydroxyl groups is 1. The van der Waals surface area contributed by atoms with E-state index in [1.54, 1.807) is 7.11 Å². The lowest BCUT2D eigenvalue weighted by molar-refractivity contribution is 0.135. The van der Waals surface area contributed by atoms with E-state index in [1.807, 2.05) is 0 Å². The Morgan fingerprint density at radius 1 is 1.56 bits per heavy atom. The molecule has 1 saturated carbocycles. The molecule has 1 aliphatic carbocycles. The van der Waals surface area contributed by atoms with Gasteiger partial charge in [0, 0.05) is 13.7 Å². The third-order valence-corrected chi connectivity index (χ3v) is 1.92. The van der Waals surface area contributed by atoms with Crippen LogP contribution in [0, 0.1) is 5.92 Å². The average Bonchev–Trinajstić information content (AvgIpc) is 2.17. The summed E-state index contributed by atoms with van der Waals surface area (Å²) in [5.41, 5.74) is 0. The van der Waals surface area contributed by atoms with Gasteiger partial charge in [-0.05, 0) is 25.2 Å². The van der Waals surface area contributed by atoms with Gasteiger partial charge in [-0.2, -0.15) is 0 Å². The van der Waals surface area contributed by atoms with Crippen LogP contribution in [0.5, 0.6) is 0 Å². The zero-order valence-electron chi connectivity index (χ0n) is 5.84. The van der Waals surface area contributed by atoms with E-state index in [-0.39, 0.29) is 6.10 Å². The molecule has 0 radical (unpaired) electrons. The first-order chi connectivity index (χ1) is 4.33. The second kappa shape index (κ2) is 3.18. The lowest BCUT2D eigenvalue weighted by Crippen LogP contribution is -2.05. The Hall–Kier alpha value is -0.0800. The molecule has 0 aromatic rings. The second-order valence-electron chi connectivity index (χ2n) is 2.79. The maximum absolute atomic E-state index is 9.07. The Morgan fingerprint density at radius 2 is 2.33 bits per heavy atom. The van der Waals surface area contributed by atoms with Crippen molar-refractivity contribution in [3.63, 3.8) is 0 Å². The quantitative estimate of drug-likeness (QED) is 0.599. The molecule has 2 atom stereocenters. The number of aliphatic hydroxyl groups excluding tert-OH is 1. The van der Waals surface area contributed by atoms with Crippen molar-refractivity contribution in [2.75, 3.05) is 13.7 Å². The Bertz CT molecular complexity index is 81.0. The van der Waals surface area contributed by atoms with Gasteiger partial charge < -0.3 is 9.84 Å². The summed E-state index contributed by atoms with van der Waals surface area (Å²) in [6.07, 6.45) is 2.99. The van der Waals surface area contributed by atoms with Gasteiger partial charge in [0.25, 0.3) is 0 Å². The molecule has 9 heavy (non-hydrogen) atoms. The molecular formula is C7H14O2. The summed E-state index contributed by atoms with van der Waals surface area (Å²) in [5.74, 6) is 0.616. The summed E-state index contributed by atoms with van der Waals surface area (Å²) in [4.78, 5) is 0. The molecule has 2 nitrogen and oxygen atoms in total. The minimum Gasteiger partial charge on any atom is -0.393 e. The highest BCUT2D eigenvalue weighted by atomic mass is 16.5. The molecule has 0 spiro atoms. The van der Waals surface area contributed by atoms with E-state index in [0.29, 0.717) is 5.92 Å². The molecule has 0 amide bonds. The monoisotopic (exact) mass is 130 g/mol. The van der Waals surface area contributed by atoms with Gasteiger partial charge in [-0.25, -0.2) is 0 Å². The topological polar surface area (TPSA) is 29.5 Å². The average molecular weight is 130 g/mol. The van der Waals surface area contributed by atoms with Crippen LogP contribution in [0.15, 0.2) is 0 Å². The van der Waals surface area contributed by atoms with E-state index in [2.05, 4.69) is 0 Å². The number of hydrogen-bond acceptors (Lipinski definition) is 2. The fourth-order valence-electron chi connectivity index (χ4n) is 1.44. The first-order valence-corrected chi connectivity index (χ1v) is 3.50. The lowest BCUT2D eigenvalue weighted by atomic mass is 10.1. The Balaban J connectivity index is 2.14. The zero-order valence-corrected chi connectivity index (χ0v) is 5.84. The van der Waals surface area contributed by atoms with Crippen LogP contribution in [0.2, 0.25) is 0 Å². The summed E-state index contributed by atoms with van der Waals surface area (Å²) >= 11 is 0. The van der Waals surface area contributed by atoms with Gasteiger partial charge in [-0.1, -0.05) is 0 Å². The summed E-state index contributed by atoms with van der Waals surface area (Å²) in [6.45, 7) is 0.817. The molecule has 1 N–H and O–H groups in total. The highest BCUT2D eigenvalue weighted by molar-refractivity contribution is 4.73. The molecule has 0 bridgehead atoms. The molecule has 1 fully saturated rings. The molecule has 0 aromatic heterocycles. The molecule has 0 aliphatic heterocycles. The van der Waals surface area contributed by atoms with E-state index >= 15 is 0 Å². The SMILES string of the molecule is COC[C@H]1CC[C@H](O)C1. The van der Waals surface area contributed by atoms with Crippen molar-refractivity contribution in [3.05, 3.63) is 0 Å². The van der Waals surface area contributed by atoms with Crippen molar-refractivity contribution >= 4 is 0 Å². The zero-order chi connectivity index (χ0) is 6.69. The van der Waals surface area contributed by atoms with Crippen molar-refractivity contribution in [2.24, 2.45) is 5.92 Å². The molecule has 1 aliphatic rings. The van der Waals surface area contributed by atoms with Gasteiger partial charge >= 0.3 is 0 Å². The van der Waals surface area contributed by atoms with Crippen LogP contribution in [0.3, 0.4) is 0 Å². The van der Waals surface area contributed by atoms with E-state index < -0.39 is 0 Å². The maximum atomic E-state index is 9.07. The van der Waals surface area contributed by atoms with Gasteiger partial charge in [-0.15, -0.1) is 0 Å². The predicted octanol–water partition coefficient (Wildman–Crippen LogP) is 0.794. The van der Waals surface area contributed by atoms with E-state index in [1.165, 1.54) is 0 Å². The fourth-order valence-corrected chi connectivity index (χ4v) is 1.44. The molecule has 1 rings (SSSR count). The summed E-state index contributed by atoms with van der Waals surface area (Å²) < 4.78 is 4.96. The van der Waals surface area contributed by atoms with Gasteiger partial charge in [0.05, 0.1) is 6.10 Å². The van der Waals surface area contributed by atoms with Crippen molar-refractivity contribution < 1.29 is 9.84 Å². The van der Waals surface area contributed by atoms with E-state index in [4.69, 9.17) is 9.84 Å². The van der Waals surface area contributed by atoms with Crippen molar-refractivity contribution in [3.8, 4) is 0 Å². The third kappa shape index (κ3) is 1.95. The molecule has 0 heterocycles. The van der Waals surface area contributed by atoms with Crippen LogP contribution in [0.1, 0.15) is 19.3 Å². The molecule has 2 heteroatoms. The van der Waals surface area contributed by atoms with Crippen molar-refractivity contribution in [1.29, 1.82) is 0 Å². The maximum Gasteiger partial charge on any atom is 0.0543 e. The molecule has 0 saturated heterocycles. The minimum absolute atomic E-state index is 0.0508. The van der Waals surface area contributed by atoms with Crippen LogP contribution in [-0.4, -0.2) is 24.9 Å². The van der Waals surface area contributed by atoms with Gasteiger partial charge in [0.2, 0.25) is 0 Å². The van der Waals surface area contributed by atoms with Crippen LogP contribution in [-0.2, 0) is 4.74 Å². The summed E-state index contributed by atoms with van der Waals surface area (Å²) in [7, 11) is 1.71. The highest BCUT2D eigenvalue weighted by Crippen LogP contribution is 2.24. The van der Waals surface area contributed by atoms with E-state index in [0.717, 1.165) is 25.9 Å². The number of methoxy groups -OCH3 is 1. The van der Waals surface area contributed by atoms with Crippen molar-refractivity contribution in [2.45, 2.75) is 25.4 Å². The van der Waals surface area contributed by atoms with Crippen LogP contribution in [0.25, 0.3) is 0 Å². The van der Waals surface area contributed by atoms with Crippen LogP contribution in [0.4, 0.5) is 0 Å². The minimum atomic E-state index is -0.0508. The van der Waals surface area contributed by atoms with Gasteiger partial charge in [0.1, 0.15) is 0 Å². The number of ether oxygens (including phenoxy) is 1. The van der Waals surface area contributed by atoms with Crippen molar-refractivity contribution in [1.82, 2.24) is 0 Å². The standard InChI is InChI=1S/C7H14O2/c1-9-5-6-2-3-7(8)4-6/h6-8H,2-5H2,1H3/t6-,7-/m0/s1. The second-order valence-corrected chi connectivity index (χ2v) is 2.79. The smallest absolute Gasteiger partial charge is 0.0543 e. The first-order valence-electron chi connectivity index (χ1n) is 3.50. The Labute approximate surface area is 55.8 Å². The first kappa shape index (κ1) is 7.03. The number of rotatable bonds is 2. The van der Waals surface area contributed by atoms with Crippen LogP contribution >= 0.6 is 0 Å². The highest BCUT2D eigenvalue weighted by Gasteiger charge is 2.21. The molecule has 0 unspecified atom stereocenters. The van der Waals surface area contributed by atoms with E-state index in [9.17, 15) is 0 Å².